The van der Waals surface area contributed by atoms with Gasteiger partial charge >= 0.3 is 0 Å². The fourth-order valence-electron chi connectivity index (χ4n) is 2.90. The summed E-state index contributed by atoms with van der Waals surface area (Å²) in [5.41, 5.74) is 0.424. The van der Waals surface area contributed by atoms with Crippen LogP contribution in [-0.4, -0.2) is 30.3 Å². The maximum absolute atomic E-state index is 12.3. The molecule has 1 saturated carbocycles. The van der Waals surface area contributed by atoms with Gasteiger partial charge in [0.1, 0.15) is 0 Å². The molecule has 0 radical (unpaired) electrons. The molecule has 20 heavy (non-hydrogen) atoms. The van der Waals surface area contributed by atoms with Crippen molar-refractivity contribution in [1.29, 1.82) is 0 Å². The second-order valence-electron chi connectivity index (χ2n) is 5.53. The quantitative estimate of drug-likeness (QED) is 0.838. The molecular formula is C16H23NO3. The van der Waals surface area contributed by atoms with Gasteiger partial charge in [0.2, 0.25) is 0 Å². The second kappa shape index (κ2) is 6.86. The summed E-state index contributed by atoms with van der Waals surface area (Å²) in [4.78, 5) is 12.3. The Morgan fingerprint density at radius 2 is 2.00 bits per heavy atom. The van der Waals surface area contributed by atoms with Crippen LogP contribution < -0.4 is 5.32 Å². The Morgan fingerprint density at radius 1 is 1.35 bits per heavy atom. The number of benzene rings is 1. The fraction of sp³-hybridized carbons (Fsp3) is 0.562. The molecule has 0 saturated heterocycles. The van der Waals surface area contributed by atoms with Crippen molar-refractivity contribution in [1.82, 2.24) is 5.32 Å². The predicted octanol–water partition coefficient (Wildman–Crippen LogP) is 2.19. The van der Waals surface area contributed by atoms with Gasteiger partial charge in [-0.3, -0.25) is 4.79 Å². The molecule has 4 nitrogen and oxygen atoms in total. The van der Waals surface area contributed by atoms with Crippen LogP contribution in [0.25, 0.3) is 0 Å². The molecule has 1 fully saturated rings. The van der Waals surface area contributed by atoms with Crippen LogP contribution in [0.4, 0.5) is 0 Å². The maximum atomic E-state index is 12.3. The third kappa shape index (κ3) is 3.58. The van der Waals surface area contributed by atoms with Crippen molar-refractivity contribution in [2.24, 2.45) is 0 Å². The minimum atomic E-state index is -1.10. The summed E-state index contributed by atoms with van der Waals surface area (Å²) >= 11 is 0. The van der Waals surface area contributed by atoms with Gasteiger partial charge in [-0.1, -0.05) is 43.2 Å². The van der Waals surface area contributed by atoms with Gasteiger partial charge in [0.15, 0.2) is 6.10 Å². The molecular weight excluding hydrogens is 254 g/mol. The molecule has 1 aliphatic rings. The van der Waals surface area contributed by atoms with Crippen LogP contribution in [0, 0.1) is 0 Å². The van der Waals surface area contributed by atoms with E-state index in [1.807, 2.05) is 18.2 Å². The molecule has 2 N–H and O–H groups in total. The Labute approximate surface area is 120 Å². The van der Waals surface area contributed by atoms with E-state index in [2.05, 4.69) is 5.32 Å². The average molecular weight is 277 g/mol. The Kier molecular flexibility index (Phi) is 5.15. The smallest absolute Gasteiger partial charge is 0.253 e. The first-order valence-corrected chi connectivity index (χ1v) is 7.21. The highest BCUT2D eigenvalue weighted by Gasteiger charge is 2.36. The number of ether oxygens (including phenoxy) is 1. The summed E-state index contributed by atoms with van der Waals surface area (Å²) in [6.07, 6.45) is 3.86. The van der Waals surface area contributed by atoms with E-state index in [0.717, 1.165) is 32.1 Å². The average Bonchev–Trinajstić information content (AvgIpc) is 2.94. The Morgan fingerprint density at radius 3 is 2.60 bits per heavy atom. The SMILES string of the molecule is COCCC1(NC(=O)C(O)c2ccccc2)CCCC1. The summed E-state index contributed by atoms with van der Waals surface area (Å²) in [5.74, 6) is -0.311. The number of nitrogens with one attached hydrogen (secondary N) is 1. The van der Waals surface area contributed by atoms with Gasteiger partial charge in [0.05, 0.1) is 0 Å². The number of rotatable bonds is 6. The Bertz CT molecular complexity index is 427. The number of aliphatic hydroxyl groups excluding tert-OH is 1. The van der Waals surface area contributed by atoms with Crippen molar-refractivity contribution in [2.45, 2.75) is 43.7 Å². The van der Waals surface area contributed by atoms with Crippen molar-refractivity contribution in [3.8, 4) is 0 Å². The van der Waals surface area contributed by atoms with Crippen LogP contribution in [0.1, 0.15) is 43.8 Å². The summed E-state index contributed by atoms with van der Waals surface area (Å²) < 4.78 is 5.14. The third-order valence-electron chi connectivity index (χ3n) is 4.10. The molecule has 2 rings (SSSR count). The molecule has 1 aromatic carbocycles. The molecule has 0 aromatic heterocycles. The van der Waals surface area contributed by atoms with Gasteiger partial charge in [-0.25, -0.2) is 0 Å². The molecule has 1 atom stereocenters. The first-order chi connectivity index (χ1) is 9.67. The molecule has 110 valence electrons. The van der Waals surface area contributed by atoms with Crippen molar-refractivity contribution >= 4 is 5.91 Å². The monoisotopic (exact) mass is 277 g/mol. The highest BCUT2D eigenvalue weighted by molar-refractivity contribution is 5.82. The summed E-state index contributed by atoms with van der Waals surface area (Å²) in [6.45, 7) is 0.627. The molecule has 0 heterocycles. The van der Waals surface area contributed by atoms with E-state index in [1.165, 1.54) is 0 Å². The van der Waals surface area contributed by atoms with E-state index >= 15 is 0 Å². The number of amides is 1. The van der Waals surface area contributed by atoms with Crippen LogP contribution in [-0.2, 0) is 9.53 Å². The van der Waals surface area contributed by atoms with E-state index in [4.69, 9.17) is 4.74 Å². The summed E-state index contributed by atoms with van der Waals surface area (Å²) in [5, 5.41) is 13.2. The van der Waals surface area contributed by atoms with Crippen LogP contribution in [0.5, 0.6) is 0 Å². The Hall–Kier alpha value is -1.39. The molecule has 0 bridgehead atoms. The Balaban J connectivity index is 2.01. The van der Waals surface area contributed by atoms with Crippen molar-refractivity contribution in [2.75, 3.05) is 13.7 Å². The molecule has 1 aromatic rings. The van der Waals surface area contributed by atoms with Gasteiger partial charge in [-0.05, 0) is 24.8 Å². The van der Waals surface area contributed by atoms with Crippen molar-refractivity contribution < 1.29 is 14.6 Å². The minimum Gasteiger partial charge on any atom is -0.385 e. The van der Waals surface area contributed by atoms with E-state index < -0.39 is 6.10 Å². The zero-order chi connectivity index (χ0) is 14.4. The van der Waals surface area contributed by atoms with Gasteiger partial charge in [0.25, 0.3) is 5.91 Å². The minimum absolute atomic E-state index is 0.206. The van der Waals surface area contributed by atoms with E-state index in [1.54, 1.807) is 19.2 Å². The predicted molar refractivity (Wildman–Crippen MR) is 77.2 cm³/mol. The van der Waals surface area contributed by atoms with Gasteiger partial charge in [0, 0.05) is 19.3 Å². The fourth-order valence-corrected chi connectivity index (χ4v) is 2.90. The van der Waals surface area contributed by atoms with Crippen LogP contribution in [0.2, 0.25) is 0 Å². The van der Waals surface area contributed by atoms with Crippen LogP contribution in [0.15, 0.2) is 30.3 Å². The number of aliphatic hydroxyl groups is 1. The lowest BCUT2D eigenvalue weighted by Crippen LogP contribution is -2.48. The first kappa shape index (κ1) is 15.0. The van der Waals surface area contributed by atoms with Crippen molar-refractivity contribution in [3.05, 3.63) is 35.9 Å². The summed E-state index contributed by atoms with van der Waals surface area (Å²) in [7, 11) is 1.67. The van der Waals surface area contributed by atoms with Gasteiger partial charge in [-0.15, -0.1) is 0 Å². The topological polar surface area (TPSA) is 58.6 Å². The molecule has 0 aliphatic heterocycles. The maximum Gasteiger partial charge on any atom is 0.253 e. The lowest BCUT2D eigenvalue weighted by molar-refractivity contribution is -0.131. The normalized spacial score (nSPS) is 18.7. The molecule has 1 aliphatic carbocycles. The molecule has 0 spiro atoms. The van der Waals surface area contributed by atoms with Crippen LogP contribution >= 0.6 is 0 Å². The number of carbonyl (C=O) groups is 1. The molecule has 1 amide bonds. The van der Waals surface area contributed by atoms with E-state index in [9.17, 15) is 9.90 Å². The highest BCUT2D eigenvalue weighted by Crippen LogP contribution is 2.33. The van der Waals surface area contributed by atoms with Crippen LogP contribution in [0.3, 0.4) is 0 Å². The number of hydrogen-bond acceptors (Lipinski definition) is 3. The lowest BCUT2D eigenvalue weighted by Gasteiger charge is -2.31. The molecule has 4 heteroatoms. The van der Waals surface area contributed by atoms with E-state index in [-0.39, 0.29) is 11.4 Å². The van der Waals surface area contributed by atoms with Gasteiger partial charge in [-0.2, -0.15) is 0 Å². The van der Waals surface area contributed by atoms with Crippen molar-refractivity contribution in [3.63, 3.8) is 0 Å². The van der Waals surface area contributed by atoms with E-state index in [0.29, 0.717) is 12.2 Å². The largest absolute Gasteiger partial charge is 0.385 e. The first-order valence-electron chi connectivity index (χ1n) is 7.21. The zero-order valence-electron chi connectivity index (χ0n) is 12.0. The highest BCUT2D eigenvalue weighted by atomic mass is 16.5. The summed E-state index contributed by atoms with van der Waals surface area (Å²) in [6, 6.07) is 9.04. The number of hydrogen-bond donors (Lipinski definition) is 2. The third-order valence-corrected chi connectivity index (χ3v) is 4.10. The van der Waals surface area contributed by atoms with Gasteiger partial charge < -0.3 is 15.2 Å². The number of methoxy groups -OCH3 is 1. The lowest BCUT2D eigenvalue weighted by atomic mass is 9.93. The standard InChI is InChI=1S/C16H23NO3/c1-20-12-11-16(9-5-6-10-16)17-15(19)14(18)13-7-3-2-4-8-13/h2-4,7-8,14,18H,5-6,9-12H2,1H3,(H,17,19). The second-order valence-corrected chi connectivity index (χ2v) is 5.53. The molecule has 1 unspecified atom stereocenters. The number of carbonyl (C=O) groups excluding carboxylic acids is 1. The zero-order valence-corrected chi connectivity index (χ0v) is 12.0.